The molecule has 6 nitrogen and oxygen atoms in total. The average Bonchev–Trinajstić information content (AvgIpc) is 2.98. The normalized spacial score (nSPS) is 17.1. The fraction of sp³-hybridized carbons (Fsp3) is 0.400. The molecule has 0 radical (unpaired) electrons. The molecule has 0 bridgehead atoms. The van der Waals surface area contributed by atoms with Crippen LogP contribution in [-0.2, 0) is 20.8 Å². The minimum atomic E-state index is -1.13. The topological polar surface area (TPSA) is 86.7 Å². The lowest BCUT2D eigenvalue weighted by atomic mass is 10.1. The second-order valence-corrected chi connectivity index (χ2v) is 6.10. The Labute approximate surface area is 137 Å². The summed E-state index contributed by atoms with van der Waals surface area (Å²) in [6.07, 6.45) is -0.0963. The van der Waals surface area contributed by atoms with E-state index in [-0.39, 0.29) is 23.1 Å². The molecule has 23 heavy (non-hydrogen) atoms. The quantitative estimate of drug-likeness (QED) is 0.852. The lowest BCUT2D eigenvalue weighted by Crippen LogP contribution is -2.44. The van der Waals surface area contributed by atoms with E-state index in [2.05, 4.69) is 5.32 Å². The van der Waals surface area contributed by atoms with Gasteiger partial charge in [-0.25, -0.2) is 4.39 Å². The zero-order valence-electron chi connectivity index (χ0n) is 12.5. The first-order valence-corrected chi connectivity index (χ1v) is 8.26. The lowest BCUT2D eigenvalue weighted by molar-refractivity contribution is -0.136. The van der Waals surface area contributed by atoms with Gasteiger partial charge in [-0.05, 0) is 17.7 Å². The van der Waals surface area contributed by atoms with Gasteiger partial charge >= 0.3 is 5.97 Å². The van der Waals surface area contributed by atoms with E-state index in [4.69, 9.17) is 5.11 Å². The number of nitrogens with one attached hydrogen (secondary N) is 1. The van der Waals surface area contributed by atoms with Crippen molar-refractivity contribution in [1.82, 2.24) is 4.90 Å². The van der Waals surface area contributed by atoms with E-state index in [1.165, 1.54) is 28.8 Å². The molecule has 1 aliphatic rings. The van der Waals surface area contributed by atoms with Crippen LogP contribution < -0.4 is 5.32 Å². The van der Waals surface area contributed by atoms with Crippen molar-refractivity contribution >= 4 is 35.2 Å². The number of hydrogen-bond acceptors (Lipinski definition) is 4. The number of carbonyl (C=O) groups is 3. The smallest absolute Gasteiger partial charge is 0.307 e. The van der Waals surface area contributed by atoms with Crippen molar-refractivity contribution in [3.63, 3.8) is 0 Å². The van der Waals surface area contributed by atoms with Gasteiger partial charge in [0.05, 0.1) is 12.3 Å². The van der Waals surface area contributed by atoms with Gasteiger partial charge in [-0.15, -0.1) is 11.8 Å². The molecule has 1 saturated heterocycles. The van der Waals surface area contributed by atoms with Gasteiger partial charge in [-0.2, -0.15) is 0 Å². The second kappa shape index (κ2) is 7.45. The number of anilines is 1. The van der Waals surface area contributed by atoms with Crippen LogP contribution in [0.25, 0.3) is 0 Å². The molecular formula is C15H17FN2O4S. The zero-order valence-corrected chi connectivity index (χ0v) is 13.4. The molecule has 1 fully saturated rings. The van der Waals surface area contributed by atoms with E-state index in [1.54, 1.807) is 6.92 Å². The highest BCUT2D eigenvalue weighted by atomic mass is 32.2. The van der Waals surface area contributed by atoms with Crippen molar-refractivity contribution in [3.8, 4) is 0 Å². The van der Waals surface area contributed by atoms with Crippen LogP contribution in [0, 0.1) is 5.82 Å². The Bertz CT molecular complexity index is 638. The van der Waals surface area contributed by atoms with Crippen LogP contribution in [-0.4, -0.2) is 45.5 Å². The zero-order chi connectivity index (χ0) is 17.0. The van der Waals surface area contributed by atoms with Crippen molar-refractivity contribution in [2.75, 3.05) is 16.9 Å². The van der Waals surface area contributed by atoms with E-state index in [0.29, 0.717) is 18.1 Å². The fourth-order valence-electron chi connectivity index (χ4n) is 2.27. The molecule has 1 heterocycles. The minimum absolute atomic E-state index is 0.0507. The summed E-state index contributed by atoms with van der Waals surface area (Å²) in [5.41, 5.74) is 0.289. The molecular weight excluding hydrogens is 323 g/mol. The molecule has 1 aromatic carbocycles. The maximum absolute atomic E-state index is 13.8. The predicted octanol–water partition coefficient (Wildman–Crippen LogP) is 1.70. The van der Waals surface area contributed by atoms with E-state index in [0.717, 1.165) is 6.07 Å². The van der Waals surface area contributed by atoms with Crippen molar-refractivity contribution in [2.45, 2.75) is 25.8 Å². The van der Waals surface area contributed by atoms with Gasteiger partial charge in [0.2, 0.25) is 11.8 Å². The van der Waals surface area contributed by atoms with E-state index < -0.39 is 24.2 Å². The predicted molar refractivity (Wildman–Crippen MR) is 84.6 cm³/mol. The van der Waals surface area contributed by atoms with Crippen molar-refractivity contribution in [3.05, 3.63) is 29.6 Å². The Balaban J connectivity index is 2.06. The molecule has 1 atom stereocenters. The number of halogens is 1. The molecule has 1 aromatic rings. The van der Waals surface area contributed by atoms with E-state index in [9.17, 15) is 18.8 Å². The Morgan fingerprint density at radius 2 is 2.17 bits per heavy atom. The number of thioether (sulfide) groups is 1. The highest BCUT2D eigenvalue weighted by molar-refractivity contribution is 7.99. The van der Waals surface area contributed by atoms with Crippen LogP contribution in [0.4, 0.5) is 10.1 Å². The van der Waals surface area contributed by atoms with Gasteiger partial charge in [0.25, 0.3) is 0 Å². The van der Waals surface area contributed by atoms with Crippen molar-refractivity contribution in [1.29, 1.82) is 0 Å². The number of carboxylic acid groups (broad SMARTS) is 1. The maximum atomic E-state index is 13.8. The highest BCUT2D eigenvalue weighted by Crippen LogP contribution is 2.23. The third-order valence-electron chi connectivity index (χ3n) is 3.47. The molecule has 1 unspecified atom stereocenters. The third-order valence-corrected chi connectivity index (χ3v) is 4.48. The summed E-state index contributed by atoms with van der Waals surface area (Å²) in [6.45, 7) is 1.73. The fourth-order valence-corrected chi connectivity index (χ4v) is 3.45. The third kappa shape index (κ3) is 4.22. The van der Waals surface area contributed by atoms with Gasteiger partial charge < -0.3 is 15.3 Å². The average molecular weight is 340 g/mol. The number of carbonyl (C=O) groups excluding carboxylic acids is 2. The van der Waals surface area contributed by atoms with Crippen LogP contribution in [0.5, 0.6) is 0 Å². The molecule has 2 N–H and O–H groups in total. The molecule has 0 aromatic heterocycles. The number of aliphatic carboxylic acids is 1. The highest BCUT2D eigenvalue weighted by Gasteiger charge is 2.33. The Kier molecular flexibility index (Phi) is 5.59. The van der Waals surface area contributed by atoms with E-state index in [1.807, 2.05) is 0 Å². The number of nitrogens with zero attached hydrogens (tertiary/aromatic N) is 1. The summed E-state index contributed by atoms with van der Waals surface area (Å²) in [6, 6.07) is 3.30. The number of benzene rings is 1. The molecule has 2 rings (SSSR count). The summed E-state index contributed by atoms with van der Waals surface area (Å²) in [4.78, 5) is 36.2. The van der Waals surface area contributed by atoms with Gasteiger partial charge in [0, 0.05) is 17.9 Å². The molecule has 8 heteroatoms. The summed E-state index contributed by atoms with van der Waals surface area (Å²) in [7, 11) is 0. The molecule has 2 amide bonds. The van der Waals surface area contributed by atoms with Crippen LogP contribution in [0.3, 0.4) is 0 Å². The SMILES string of the molecule is CCC(=O)N1CSCC1C(=O)Nc1ccc(CC(=O)O)c(F)c1. The number of amides is 2. The largest absolute Gasteiger partial charge is 0.481 e. The molecule has 124 valence electrons. The van der Waals surface area contributed by atoms with Gasteiger partial charge in [0.1, 0.15) is 11.9 Å². The summed E-state index contributed by atoms with van der Waals surface area (Å²) in [5, 5.41) is 11.3. The van der Waals surface area contributed by atoms with Crippen LogP contribution in [0.2, 0.25) is 0 Å². The van der Waals surface area contributed by atoms with Crippen LogP contribution >= 0.6 is 11.8 Å². The molecule has 1 aliphatic heterocycles. The van der Waals surface area contributed by atoms with Gasteiger partial charge in [-0.3, -0.25) is 14.4 Å². The minimum Gasteiger partial charge on any atom is -0.481 e. The summed E-state index contributed by atoms with van der Waals surface area (Å²) >= 11 is 1.49. The van der Waals surface area contributed by atoms with Gasteiger partial charge in [-0.1, -0.05) is 13.0 Å². The van der Waals surface area contributed by atoms with E-state index >= 15 is 0 Å². The van der Waals surface area contributed by atoms with Gasteiger partial charge in [0.15, 0.2) is 0 Å². The number of rotatable bonds is 5. The standard InChI is InChI=1S/C15H17FN2O4S/c1-2-13(19)18-8-23-7-12(18)15(22)17-10-4-3-9(5-14(20)21)11(16)6-10/h3-4,6,12H,2,5,7-8H2,1H3,(H,17,22)(H,20,21). The molecule has 0 saturated carbocycles. The first-order chi connectivity index (χ1) is 10.9. The Hall–Kier alpha value is -2.09. The Morgan fingerprint density at radius 1 is 1.43 bits per heavy atom. The number of carboxylic acids is 1. The number of hydrogen-bond donors (Lipinski definition) is 2. The first-order valence-electron chi connectivity index (χ1n) is 7.10. The molecule has 0 aliphatic carbocycles. The van der Waals surface area contributed by atoms with Crippen molar-refractivity contribution in [2.24, 2.45) is 0 Å². The van der Waals surface area contributed by atoms with Crippen LogP contribution in [0.15, 0.2) is 18.2 Å². The monoisotopic (exact) mass is 340 g/mol. The van der Waals surface area contributed by atoms with Crippen molar-refractivity contribution < 1.29 is 23.9 Å². The maximum Gasteiger partial charge on any atom is 0.307 e. The van der Waals surface area contributed by atoms with Crippen LogP contribution in [0.1, 0.15) is 18.9 Å². The summed E-state index contributed by atoms with van der Waals surface area (Å²) < 4.78 is 13.8. The lowest BCUT2D eigenvalue weighted by Gasteiger charge is -2.22. The second-order valence-electron chi connectivity index (χ2n) is 5.10. The first kappa shape index (κ1) is 17.3. The molecule has 0 spiro atoms. The Morgan fingerprint density at radius 3 is 2.78 bits per heavy atom. The summed E-state index contributed by atoms with van der Waals surface area (Å²) in [5.74, 6) is -1.32.